The zero-order chi connectivity index (χ0) is 16.9. The Morgan fingerprint density at radius 3 is 2.25 bits per heavy atom. The van der Waals surface area contributed by atoms with E-state index in [1.807, 2.05) is 60.7 Å². The van der Waals surface area contributed by atoms with E-state index in [0.29, 0.717) is 6.54 Å². The predicted molar refractivity (Wildman–Crippen MR) is 88.5 cm³/mol. The van der Waals surface area contributed by atoms with Gasteiger partial charge in [0.05, 0.1) is 5.92 Å². The zero-order valence-corrected chi connectivity index (χ0v) is 13.2. The average molecular weight is 325 g/mol. The number of hydrogen-bond acceptors (Lipinski definition) is 3. The third-order valence-electron chi connectivity index (χ3n) is 4.33. The van der Waals surface area contributed by atoms with Crippen LogP contribution in [-0.2, 0) is 16.1 Å². The lowest BCUT2D eigenvalue weighted by molar-refractivity contribution is -0.141. The number of aliphatic carboxylic acids is 1. The molecule has 0 aromatic heterocycles. The standard InChI is InChI=1S/C19H19NO4/c21-18(22)17-12-20(11-16(17)15-9-5-2-6-10-15)19(23)24-13-14-7-3-1-4-8-14/h1-10,16-17H,11-13H2,(H,21,22)/t16-,17-/m1/s1. The van der Waals surface area contributed by atoms with Crippen LogP contribution >= 0.6 is 0 Å². The number of carboxylic acids is 1. The number of benzene rings is 2. The quantitative estimate of drug-likeness (QED) is 0.938. The van der Waals surface area contributed by atoms with Crippen LogP contribution in [0.4, 0.5) is 4.79 Å². The van der Waals surface area contributed by atoms with Crippen LogP contribution in [0.25, 0.3) is 0 Å². The van der Waals surface area contributed by atoms with E-state index in [1.165, 1.54) is 4.90 Å². The van der Waals surface area contributed by atoms with Crippen LogP contribution in [0.1, 0.15) is 17.0 Å². The molecule has 0 unspecified atom stereocenters. The molecule has 1 N–H and O–H groups in total. The molecule has 1 amide bonds. The second-order valence-corrected chi connectivity index (χ2v) is 5.91. The van der Waals surface area contributed by atoms with Gasteiger partial charge in [0.25, 0.3) is 0 Å². The lowest BCUT2D eigenvalue weighted by Gasteiger charge is -2.16. The van der Waals surface area contributed by atoms with Crippen molar-refractivity contribution >= 4 is 12.1 Å². The molecule has 2 aromatic rings. The van der Waals surface area contributed by atoms with Gasteiger partial charge in [0.15, 0.2) is 0 Å². The number of carbonyl (C=O) groups excluding carboxylic acids is 1. The molecule has 0 spiro atoms. The molecule has 0 saturated carbocycles. The molecule has 5 nitrogen and oxygen atoms in total. The topological polar surface area (TPSA) is 66.8 Å². The number of nitrogens with zero attached hydrogens (tertiary/aromatic N) is 1. The number of carbonyl (C=O) groups is 2. The van der Waals surface area contributed by atoms with Gasteiger partial charge in [-0.2, -0.15) is 0 Å². The van der Waals surface area contributed by atoms with Crippen molar-refractivity contribution in [2.45, 2.75) is 12.5 Å². The largest absolute Gasteiger partial charge is 0.481 e. The number of likely N-dealkylation sites (tertiary alicyclic amines) is 1. The van der Waals surface area contributed by atoms with Crippen LogP contribution in [-0.4, -0.2) is 35.2 Å². The number of amides is 1. The maximum Gasteiger partial charge on any atom is 0.410 e. The highest BCUT2D eigenvalue weighted by Crippen LogP contribution is 2.33. The van der Waals surface area contributed by atoms with Crippen molar-refractivity contribution in [3.63, 3.8) is 0 Å². The fraction of sp³-hybridized carbons (Fsp3) is 0.263. The Morgan fingerprint density at radius 2 is 1.62 bits per heavy atom. The van der Waals surface area contributed by atoms with E-state index < -0.39 is 18.0 Å². The summed E-state index contributed by atoms with van der Waals surface area (Å²) >= 11 is 0. The minimum absolute atomic E-state index is 0.169. The molecule has 2 aromatic carbocycles. The summed E-state index contributed by atoms with van der Waals surface area (Å²) in [6.45, 7) is 0.709. The third-order valence-corrected chi connectivity index (χ3v) is 4.33. The van der Waals surface area contributed by atoms with Gasteiger partial charge in [-0.25, -0.2) is 4.79 Å². The Labute approximate surface area is 140 Å². The molecule has 1 fully saturated rings. The van der Waals surface area contributed by atoms with Gasteiger partial charge in [0.2, 0.25) is 0 Å². The fourth-order valence-electron chi connectivity index (χ4n) is 3.05. The van der Waals surface area contributed by atoms with Gasteiger partial charge in [-0.15, -0.1) is 0 Å². The first-order valence-corrected chi connectivity index (χ1v) is 7.88. The minimum Gasteiger partial charge on any atom is -0.481 e. The second-order valence-electron chi connectivity index (χ2n) is 5.91. The number of hydrogen-bond donors (Lipinski definition) is 1. The maximum atomic E-state index is 12.3. The molecule has 124 valence electrons. The van der Waals surface area contributed by atoms with E-state index in [0.717, 1.165) is 11.1 Å². The summed E-state index contributed by atoms with van der Waals surface area (Å²) in [6.07, 6.45) is -0.469. The summed E-state index contributed by atoms with van der Waals surface area (Å²) in [6, 6.07) is 18.9. The summed E-state index contributed by atoms with van der Waals surface area (Å²) in [7, 11) is 0. The van der Waals surface area contributed by atoms with E-state index in [1.54, 1.807) is 0 Å². The Bertz CT molecular complexity index is 702. The van der Waals surface area contributed by atoms with E-state index in [-0.39, 0.29) is 19.1 Å². The lowest BCUT2D eigenvalue weighted by atomic mass is 9.89. The Balaban J connectivity index is 1.66. The predicted octanol–water partition coefficient (Wildman–Crippen LogP) is 3.12. The van der Waals surface area contributed by atoms with Crippen molar-refractivity contribution in [1.29, 1.82) is 0 Å². The van der Waals surface area contributed by atoms with Crippen LogP contribution in [0.15, 0.2) is 60.7 Å². The molecule has 1 saturated heterocycles. The summed E-state index contributed by atoms with van der Waals surface area (Å²) in [5.74, 6) is -1.72. The fourth-order valence-corrected chi connectivity index (χ4v) is 3.05. The van der Waals surface area contributed by atoms with Gasteiger partial charge in [-0.05, 0) is 11.1 Å². The monoisotopic (exact) mass is 325 g/mol. The molecule has 0 aliphatic carbocycles. The summed E-state index contributed by atoms with van der Waals surface area (Å²) in [4.78, 5) is 25.3. The molecule has 1 aliphatic heterocycles. The molecule has 0 radical (unpaired) electrons. The van der Waals surface area contributed by atoms with Crippen LogP contribution < -0.4 is 0 Å². The van der Waals surface area contributed by atoms with Gasteiger partial charge < -0.3 is 14.7 Å². The van der Waals surface area contributed by atoms with Crippen LogP contribution in [0.2, 0.25) is 0 Å². The first-order valence-electron chi connectivity index (χ1n) is 7.88. The second kappa shape index (κ2) is 7.17. The van der Waals surface area contributed by atoms with Crippen molar-refractivity contribution < 1.29 is 19.4 Å². The Kier molecular flexibility index (Phi) is 4.79. The van der Waals surface area contributed by atoms with Gasteiger partial charge >= 0.3 is 12.1 Å². The number of rotatable bonds is 4. The molecule has 5 heteroatoms. The van der Waals surface area contributed by atoms with Crippen LogP contribution in [0.5, 0.6) is 0 Å². The van der Waals surface area contributed by atoms with E-state index in [9.17, 15) is 14.7 Å². The highest BCUT2D eigenvalue weighted by molar-refractivity contribution is 5.75. The zero-order valence-electron chi connectivity index (χ0n) is 13.2. The highest BCUT2D eigenvalue weighted by Gasteiger charge is 2.41. The SMILES string of the molecule is O=C(O)[C@@H]1CN(C(=O)OCc2ccccc2)C[C@@H]1c1ccccc1. The number of carboxylic acid groups (broad SMARTS) is 1. The van der Waals surface area contributed by atoms with Gasteiger partial charge in [-0.3, -0.25) is 4.79 Å². The van der Waals surface area contributed by atoms with Crippen molar-refractivity contribution in [1.82, 2.24) is 4.90 Å². The van der Waals surface area contributed by atoms with Crippen LogP contribution in [0, 0.1) is 5.92 Å². The van der Waals surface area contributed by atoms with Gasteiger partial charge in [0, 0.05) is 19.0 Å². The Hall–Kier alpha value is -2.82. The minimum atomic E-state index is -0.887. The first-order chi connectivity index (χ1) is 11.6. The molecule has 0 bridgehead atoms. The van der Waals surface area contributed by atoms with Gasteiger partial charge in [0.1, 0.15) is 6.61 Å². The maximum absolute atomic E-state index is 12.3. The molecular formula is C19H19NO4. The molecular weight excluding hydrogens is 306 g/mol. The molecule has 1 aliphatic rings. The summed E-state index contributed by atoms with van der Waals surface area (Å²) in [5, 5.41) is 9.47. The van der Waals surface area contributed by atoms with E-state index >= 15 is 0 Å². The van der Waals surface area contributed by atoms with E-state index in [2.05, 4.69) is 0 Å². The molecule has 3 rings (SSSR count). The average Bonchev–Trinajstić information content (AvgIpc) is 3.07. The van der Waals surface area contributed by atoms with Gasteiger partial charge in [-0.1, -0.05) is 60.7 Å². The normalized spacial score (nSPS) is 19.9. The lowest BCUT2D eigenvalue weighted by Crippen LogP contribution is -2.30. The van der Waals surface area contributed by atoms with Crippen molar-refractivity contribution in [2.75, 3.05) is 13.1 Å². The molecule has 24 heavy (non-hydrogen) atoms. The summed E-state index contributed by atoms with van der Waals surface area (Å²) in [5.41, 5.74) is 1.84. The van der Waals surface area contributed by atoms with Crippen molar-refractivity contribution in [3.05, 3.63) is 71.8 Å². The third kappa shape index (κ3) is 3.56. The van der Waals surface area contributed by atoms with Crippen LogP contribution in [0.3, 0.4) is 0 Å². The van der Waals surface area contributed by atoms with Crippen molar-refractivity contribution in [2.24, 2.45) is 5.92 Å². The first kappa shape index (κ1) is 16.1. The number of ether oxygens (including phenoxy) is 1. The smallest absolute Gasteiger partial charge is 0.410 e. The Morgan fingerprint density at radius 1 is 1.00 bits per heavy atom. The van der Waals surface area contributed by atoms with Crippen molar-refractivity contribution in [3.8, 4) is 0 Å². The highest BCUT2D eigenvalue weighted by atomic mass is 16.6. The molecule has 2 atom stereocenters. The summed E-state index contributed by atoms with van der Waals surface area (Å²) < 4.78 is 5.32. The molecule has 1 heterocycles. The van der Waals surface area contributed by atoms with E-state index in [4.69, 9.17) is 4.74 Å².